The van der Waals surface area contributed by atoms with Gasteiger partial charge in [-0.25, -0.2) is 9.59 Å². The standard InChI is InChI=1S/C19H20O5/c1-3-23-18(20)13-6-14-4-9-17(10-5-14)24-19(21)15-7-11-16(22-2)12-8-15/h4-7,9-11,13H,3,8,12H2,1-2H3/b13-6+. The van der Waals surface area contributed by atoms with Crippen LogP contribution in [0.15, 0.2) is 53.8 Å². The van der Waals surface area contributed by atoms with Crippen LogP contribution in [0.2, 0.25) is 0 Å². The van der Waals surface area contributed by atoms with Crippen LogP contribution >= 0.6 is 0 Å². The fraction of sp³-hybridized carbons (Fsp3) is 0.263. The first-order chi connectivity index (χ1) is 11.6. The van der Waals surface area contributed by atoms with Crippen molar-refractivity contribution in [2.75, 3.05) is 13.7 Å². The van der Waals surface area contributed by atoms with E-state index in [1.165, 1.54) is 6.08 Å². The normalized spacial score (nSPS) is 13.9. The van der Waals surface area contributed by atoms with Gasteiger partial charge in [0.1, 0.15) is 5.75 Å². The second kappa shape index (κ2) is 8.72. The zero-order valence-corrected chi connectivity index (χ0v) is 13.8. The molecule has 0 unspecified atom stereocenters. The first-order valence-corrected chi connectivity index (χ1v) is 7.73. The van der Waals surface area contributed by atoms with Gasteiger partial charge in [-0.1, -0.05) is 12.1 Å². The number of esters is 2. The maximum absolute atomic E-state index is 12.1. The number of methoxy groups -OCH3 is 1. The van der Waals surface area contributed by atoms with Crippen molar-refractivity contribution in [2.45, 2.75) is 19.8 Å². The minimum absolute atomic E-state index is 0.342. The molecule has 24 heavy (non-hydrogen) atoms. The zero-order chi connectivity index (χ0) is 17.4. The summed E-state index contributed by atoms with van der Waals surface area (Å²) in [6.07, 6.45) is 7.79. The second-order valence-electron chi connectivity index (χ2n) is 5.07. The molecule has 1 aromatic rings. The lowest BCUT2D eigenvalue weighted by molar-refractivity contribution is -0.137. The fourth-order valence-electron chi connectivity index (χ4n) is 2.13. The lowest BCUT2D eigenvalue weighted by Gasteiger charge is -2.13. The second-order valence-corrected chi connectivity index (χ2v) is 5.07. The van der Waals surface area contributed by atoms with Crippen molar-refractivity contribution < 1.29 is 23.8 Å². The summed E-state index contributed by atoms with van der Waals surface area (Å²) in [6.45, 7) is 2.09. The number of ether oxygens (including phenoxy) is 3. The molecule has 0 saturated heterocycles. The van der Waals surface area contributed by atoms with E-state index >= 15 is 0 Å². The number of carbonyl (C=O) groups is 2. The Morgan fingerprint density at radius 2 is 1.88 bits per heavy atom. The topological polar surface area (TPSA) is 61.8 Å². The Kier molecular flexibility index (Phi) is 6.37. The monoisotopic (exact) mass is 328 g/mol. The number of benzene rings is 1. The van der Waals surface area contributed by atoms with Crippen LogP contribution in [-0.4, -0.2) is 25.7 Å². The molecule has 0 N–H and O–H groups in total. The van der Waals surface area contributed by atoms with Gasteiger partial charge < -0.3 is 14.2 Å². The number of hydrogen-bond acceptors (Lipinski definition) is 5. The van der Waals surface area contributed by atoms with Crippen molar-refractivity contribution in [1.29, 1.82) is 0 Å². The number of rotatable bonds is 6. The molecule has 1 aromatic carbocycles. The largest absolute Gasteiger partial charge is 0.501 e. The van der Waals surface area contributed by atoms with Gasteiger partial charge in [-0.15, -0.1) is 0 Å². The molecule has 2 rings (SSSR count). The number of carbonyl (C=O) groups excluding carboxylic acids is 2. The molecule has 1 aliphatic rings. The quantitative estimate of drug-likeness (QED) is 0.455. The molecule has 0 aromatic heterocycles. The summed E-state index contributed by atoms with van der Waals surface area (Å²) in [4.78, 5) is 23.3. The van der Waals surface area contributed by atoms with Crippen molar-refractivity contribution in [3.63, 3.8) is 0 Å². The van der Waals surface area contributed by atoms with Gasteiger partial charge in [0.05, 0.1) is 19.5 Å². The predicted molar refractivity (Wildman–Crippen MR) is 90.2 cm³/mol. The molecular weight excluding hydrogens is 308 g/mol. The van der Waals surface area contributed by atoms with Crippen molar-refractivity contribution in [1.82, 2.24) is 0 Å². The summed E-state index contributed by atoms with van der Waals surface area (Å²) >= 11 is 0. The molecule has 5 nitrogen and oxygen atoms in total. The van der Waals surface area contributed by atoms with E-state index in [0.29, 0.717) is 30.8 Å². The summed E-state index contributed by atoms with van der Waals surface area (Å²) < 4.78 is 15.3. The average molecular weight is 328 g/mol. The minimum atomic E-state index is -0.388. The molecule has 0 aliphatic heterocycles. The van der Waals surface area contributed by atoms with Crippen LogP contribution in [0.25, 0.3) is 6.08 Å². The highest BCUT2D eigenvalue weighted by Gasteiger charge is 2.15. The summed E-state index contributed by atoms with van der Waals surface area (Å²) in [7, 11) is 1.61. The molecule has 0 saturated carbocycles. The molecule has 0 spiro atoms. The Morgan fingerprint density at radius 3 is 2.46 bits per heavy atom. The van der Waals surface area contributed by atoms with Crippen molar-refractivity contribution in [3.05, 3.63) is 59.4 Å². The molecule has 0 radical (unpaired) electrons. The zero-order valence-electron chi connectivity index (χ0n) is 13.8. The average Bonchev–Trinajstić information content (AvgIpc) is 2.61. The van der Waals surface area contributed by atoms with Gasteiger partial charge in [0, 0.05) is 18.1 Å². The molecule has 0 amide bonds. The minimum Gasteiger partial charge on any atom is -0.501 e. The Labute approximate surface area is 141 Å². The van der Waals surface area contributed by atoms with Crippen LogP contribution < -0.4 is 4.74 Å². The van der Waals surface area contributed by atoms with E-state index in [2.05, 4.69) is 0 Å². The van der Waals surface area contributed by atoms with E-state index in [1.807, 2.05) is 0 Å². The van der Waals surface area contributed by atoms with Crippen LogP contribution in [0.3, 0.4) is 0 Å². The van der Waals surface area contributed by atoms with Crippen LogP contribution in [-0.2, 0) is 19.1 Å². The smallest absolute Gasteiger partial charge is 0.339 e. The molecule has 0 bridgehead atoms. The molecular formula is C19H20O5. The third kappa shape index (κ3) is 5.12. The lowest BCUT2D eigenvalue weighted by atomic mass is 10.0. The Bertz CT molecular complexity index is 680. The van der Waals surface area contributed by atoms with Crippen LogP contribution in [0, 0.1) is 0 Å². The van der Waals surface area contributed by atoms with Gasteiger partial charge >= 0.3 is 11.9 Å². The van der Waals surface area contributed by atoms with Crippen molar-refractivity contribution >= 4 is 18.0 Å². The van der Waals surface area contributed by atoms with E-state index in [1.54, 1.807) is 56.5 Å². The Balaban J connectivity index is 1.94. The third-order valence-corrected chi connectivity index (χ3v) is 3.42. The van der Waals surface area contributed by atoms with Gasteiger partial charge in [0.25, 0.3) is 0 Å². The summed E-state index contributed by atoms with van der Waals surface area (Å²) in [5.74, 6) is 0.553. The molecule has 0 fully saturated rings. The van der Waals surface area contributed by atoms with E-state index in [0.717, 1.165) is 11.3 Å². The highest BCUT2D eigenvalue weighted by molar-refractivity contribution is 5.91. The fourth-order valence-corrected chi connectivity index (χ4v) is 2.13. The van der Waals surface area contributed by atoms with E-state index in [-0.39, 0.29) is 11.9 Å². The summed E-state index contributed by atoms with van der Waals surface area (Å²) in [5, 5.41) is 0. The molecule has 0 heterocycles. The first kappa shape index (κ1) is 17.5. The first-order valence-electron chi connectivity index (χ1n) is 7.73. The molecule has 5 heteroatoms. The van der Waals surface area contributed by atoms with Gasteiger partial charge in [-0.05, 0) is 49.3 Å². The maximum Gasteiger partial charge on any atom is 0.339 e. The number of hydrogen-bond donors (Lipinski definition) is 0. The van der Waals surface area contributed by atoms with Gasteiger partial charge in [-0.2, -0.15) is 0 Å². The Hall–Kier alpha value is -2.82. The third-order valence-electron chi connectivity index (χ3n) is 3.42. The summed E-state index contributed by atoms with van der Waals surface area (Å²) in [6, 6.07) is 6.89. The van der Waals surface area contributed by atoms with Gasteiger partial charge in [-0.3, -0.25) is 0 Å². The van der Waals surface area contributed by atoms with Gasteiger partial charge in [0.15, 0.2) is 0 Å². The number of allylic oxidation sites excluding steroid dienone is 3. The molecule has 126 valence electrons. The lowest BCUT2D eigenvalue weighted by Crippen LogP contribution is -2.13. The molecule has 0 atom stereocenters. The predicted octanol–water partition coefficient (Wildman–Crippen LogP) is 3.42. The highest BCUT2D eigenvalue weighted by atomic mass is 16.5. The van der Waals surface area contributed by atoms with E-state index in [9.17, 15) is 9.59 Å². The van der Waals surface area contributed by atoms with E-state index in [4.69, 9.17) is 14.2 Å². The van der Waals surface area contributed by atoms with Gasteiger partial charge in [0.2, 0.25) is 0 Å². The van der Waals surface area contributed by atoms with Crippen molar-refractivity contribution in [3.8, 4) is 5.75 Å². The van der Waals surface area contributed by atoms with Crippen LogP contribution in [0.4, 0.5) is 0 Å². The SMILES string of the molecule is CCOC(=O)/C=C/c1ccc(OC(=O)C2=CC=C(OC)CC2)cc1. The van der Waals surface area contributed by atoms with E-state index < -0.39 is 0 Å². The van der Waals surface area contributed by atoms with Crippen LogP contribution in [0.5, 0.6) is 5.75 Å². The summed E-state index contributed by atoms with van der Waals surface area (Å²) in [5.41, 5.74) is 1.43. The maximum atomic E-state index is 12.1. The van der Waals surface area contributed by atoms with Crippen LogP contribution in [0.1, 0.15) is 25.3 Å². The highest BCUT2D eigenvalue weighted by Crippen LogP contribution is 2.21. The van der Waals surface area contributed by atoms with Crippen molar-refractivity contribution in [2.24, 2.45) is 0 Å². The molecule has 1 aliphatic carbocycles. The Morgan fingerprint density at radius 1 is 1.12 bits per heavy atom.